The molecule has 5 heteroatoms. The number of rotatable bonds is 5. The third kappa shape index (κ3) is 2.49. The molecule has 0 aliphatic heterocycles. The molecule has 1 aromatic rings. The molecule has 0 spiro atoms. The minimum absolute atomic E-state index is 0.110. The van der Waals surface area contributed by atoms with Crippen LogP contribution in [-0.4, -0.2) is 38.8 Å². The maximum absolute atomic E-state index is 12.0. The number of ketones is 1. The molecule has 2 rings (SSSR count). The van der Waals surface area contributed by atoms with Crippen molar-refractivity contribution >= 4 is 11.5 Å². The van der Waals surface area contributed by atoms with Crippen LogP contribution in [0.5, 0.6) is 11.5 Å². The Kier molecular flexibility index (Phi) is 4.53. The van der Waals surface area contributed by atoms with E-state index in [1.54, 1.807) is 20.3 Å². The monoisotopic (exact) mass is 292 g/mol. The highest BCUT2D eigenvalue weighted by Gasteiger charge is 2.34. The Morgan fingerprint density at radius 2 is 1.81 bits per heavy atom. The zero-order valence-electron chi connectivity index (χ0n) is 12.7. The van der Waals surface area contributed by atoms with E-state index in [1.807, 2.05) is 6.07 Å². The number of carbonyl (C=O) groups excluding carboxylic acids is 1. The number of ether oxygens (including phenoxy) is 3. The summed E-state index contributed by atoms with van der Waals surface area (Å²) >= 11 is 0. The summed E-state index contributed by atoms with van der Waals surface area (Å²) < 4.78 is 16.3. The molecule has 1 aliphatic carbocycles. The number of fused-ring (bicyclic) bond motifs is 1. The second kappa shape index (κ2) is 6.18. The quantitative estimate of drug-likeness (QED) is 0.896. The van der Waals surface area contributed by atoms with Gasteiger partial charge in [-0.15, -0.1) is 0 Å². The lowest BCUT2D eigenvalue weighted by atomic mass is 9.80. The van der Waals surface area contributed by atoms with Crippen molar-refractivity contribution in [2.75, 3.05) is 27.9 Å². The molecule has 21 heavy (non-hydrogen) atoms. The van der Waals surface area contributed by atoms with E-state index in [4.69, 9.17) is 14.2 Å². The topological polar surface area (TPSA) is 65.0 Å². The maximum Gasteiger partial charge on any atom is 0.159 e. The minimum atomic E-state index is -0.300. The molecule has 0 fully saturated rings. The van der Waals surface area contributed by atoms with Gasteiger partial charge in [-0.05, 0) is 25.5 Å². The van der Waals surface area contributed by atoms with E-state index in [0.717, 1.165) is 11.1 Å². The molecule has 1 N–H and O–H groups in total. The number of aliphatic hydroxyl groups excluding tert-OH is 1. The van der Waals surface area contributed by atoms with Gasteiger partial charge in [0.15, 0.2) is 5.78 Å². The van der Waals surface area contributed by atoms with E-state index >= 15 is 0 Å². The van der Waals surface area contributed by atoms with E-state index in [1.165, 1.54) is 14.0 Å². The third-order valence-electron chi connectivity index (χ3n) is 3.81. The van der Waals surface area contributed by atoms with Crippen molar-refractivity contribution in [2.24, 2.45) is 5.92 Å². The maximum atomic E-state index is 12.0. The summed E-state index contributed by atoms with van der Waals surface area (Å²) in [5, 5.41) is 9.63. The Morgan fingerprint density at radius 1 is 1.19 bits per heavy atom. The Hall–Kier alpha value is -2.01. The van der Waals surface area contributed by atoms with Gasteiger partial charge < -0.3 is 19.3 Å². The van der Waals surface area contributed by atoms with Gasteiger partial charge in [0.05, 0.1) is 33.5 Å². The molecular weight excluding hydrogens is 272 g/mol. The van der Waals surface area contributed by atoms with Crippen LogP contribution in [0.2, 0.25) is 0 Å². The molecule has 0 heterocycles. The lowest BCUT2D eigenvalue weighted by Gasteiger charge is -2.29. The van der Waals surface area contributed by atoms with Gasteiger partial charge in [0.25, 0.3) is 0 Å². The van der Waals surface area contributed by atoms with Gasteiger partial charge in [0.1, 0.15) is 17.3 Å². The molecule has 0 aromatic heterocycles. The fourth-order valence-corrected chi connectivity index (χ4v) is 2.90. The first-order chi connectivity index (χ1) is 10.1. The summed E-state index contributed by atoms with van der Waals surface area (Å²) in [7, 11) is 4.67. The third-order valence-corrected chi connectivity index (χ3v) is 3.81. The molecule has 1 aromatic carbocycles. The summed E-state index contributed by atoms with van der Waals surface area (Å²) in [6.45, 7) is 1.36. The van der Waals surface area contributed by atoms with Crippen LogP contribution >= 0.6 is 0 Å². The van der Waals surface area contributed by atoms with Gasteiger partial charge in [-0.25, -0.2) is 0 Å². The van der Waals surface area contributed by atoms with E-state index in [-0.39, 0.29) is 18.3 Å². The fourth-order valence-electron chi connectivity index (χ4n) is 2.90. The number of Topliss-reactive ketones (excluding diaryl/α,β-unsaturated/α-hetero) is 1. The Balaban J connectivity index is 2.79. The average molecular weight is 292 g/mol. The first-order valence-corrected chi connectivity index (χ1v) is 6.73. The van der Waals surface area contributed by atoms with Crippen molar-refractivity contribution in [1.29, 1.82) is 0 Å². The van der Waals surface area contributed by atoms with Crippen molar-refractivity contribution in [3.63, 3.8) is 0 Å². The van der Waals surface area contributed by atoms with Crippen LogP contribution in [0, 0.1) is 5.92 Å². The predicted octanol–water partition coefficient (Wildman–Crippen LogP) is 1.81. The normalized spacial score (nSPS) is 17.3. The Labute approximate surface area is 124 Å². The molecule has 0 radical (unpaired) electrons. The van der Waals surface area contributed by atoms with Crippen molar-refractivity contribution in [1.82, 2.24) is 0 Å². The van der Waals surface area contributed by atoms with Crippen LogP contribution in [0.4, 0.5) is 0 Å². The van der Waals surface area contributed by atoms with Crippen molar-refractivity contribution in [2.45, 2.75) is 13.3 Å². The molecule has 5 nitrogen and oxygen atoms in total. The molecule has 1 atom stereocenters. The van der Waals surface area contributed by atoms with E-state index in [2.05, 4.69) is 0 Å². The van der Waals surface area contributed by atoms with Gasteiger partial charge in [0, 0.05) is 17.1 Å². The summed E-state index contributed by atoms with van der Waals surface area (Å²) in [4.78, 5) is 12.0. The lowest BCUT2D eigenvalue weighted by molar-refractivity contribution is -0.114. The highest BCUT2D eigenvalue weighted by atomic mass is 16.5. The molecule has 114 valence electrons. The summed E-state index contributed by atoms with van der Waals surface area (Å²) in [5.41, 5.74) is 2.12. The van der Waals surface area contributed by atoms with E-state index in [0.29, 0.717) is 29.3 Å². The van der Waals surface area contributed by atoms with Gasteiger partial charge in [-0.1, -0.05) is 0 Å². The number of hydrogen-bond donors (Lipinski definition) is 1. The molecule has 1 aliphatic rings. The zero-order valence-corrected chi connectivity index (χ0v) is 12.7. The first-order valence-electron chi connectivity index (χ1n) is 6.73. The smallest absolute Gasteiger partial charge is 0.159 e. The van der Waals surface area contributed by atoms with Crippen LogP contribution in [-0.2, 0) is 16.0 Å². The van der Waals surface area contributed by atoms with Crippen molar-refractivity contribution in [3.8, 4) is 11.5 Å². The molecule has 1 unspecified atom stereocenters. The van der Waals surface area contributed by atoms with Crippen molar-refractivity contribution < 1.29 is 24.1 Å². The fraction of sp³-hybridized carbons (Fsp3) is 0.438. The number of carbonyl (C=O) groups is 1. The Bertz CT molecular complexity index is 589. The average Bonchev–Trinajstić information content (AvgIpc) is 2.51. The van der Waals surface area contributed by atoms with Crippen LogP contribution in [0.15, 0.2) is 17.7 Å². The van der Waals surface area contributed by atoms with Crippen molar-refractivity contribution in [3.05, 3.63) is 28.8 Å². The van der Waals surface area contributed by atoms with E-state index < -0.39 is 0 Å². The summed E-state index contributed by atoms with van der Waals surface area (Å²) in [5.74, 6) is 1.37. The second-order valence-corrected chi connectivity index (χ2v) is 4.91. The number of aliphatic hydroxyl groups is 1. The van der Waals surface area contributed by atoms with Gasteiger partial charge in [0.2, 0.25) is 0 Å². The molecule has 0 saturated carbocycles. The van der Waals surface area contributed by atoms with E-state index in [9.17, 15) is 9.90 Å². The zero-order chi connectivity index (χ0) is 15.6. The number of hydrogen-bond acceptors (Lipinski definition) is 5. The lowest BCUT2D eigenvalue weighted by Crippen LogP contribution is -2.25. The highest BCUT2D eigenvalue weighted by molar-refractivity contribution is 6.02. The predicted molar refractivity (Wildman–Crippen MR) is 78.4 cm³/mol. The number of methoxy groups -OCH3 is 3. The number of benzene rings is 1. The molecular formula is C16H20O5. The second-order valence-electron chi connectivity index (χ2n) is 4.91. The van der Waals surface area contributed by atoms with Crippen LogP contribution in [0.1, 0.15) is 18.1 Å². The first kappa shape index (κ1) is 15.4. The minimum Gasteiger partial charge on any atom is -0.496 e. The van der Waals surface area contributed by atoms with Crippen LogP contribution in [0.25, 0.3) is 5.76 Å². The SMILES string of the molecule is COC1=C(C(C)=O)C(CO)Cc2c(OC)ccc(OC)c21. The van der Waals surface area contributed by atoms with Gasteiger partial charge in [-0.3, -0.25) is 4.79 Å². The molecule has 0 bridgehead atoms. The summed E-state index contributed by atoms with van der Waals surface area (Å²) in [6, 6.07) is 3.60. The largest absolute Gasteiger partial charge is 0.496 e. The van der Waals surface area contributed by atoms with Crippen LogP contribution < -0.4 is 9.47 Å². The molecule has 0 saturated heterocycles. The van der Waals surface area contributed by atoms with Gasteiger partial charge >= 0.3 is 0 Å². The standard InChI is InChI=1S/C16H20O5/c1-9(18)14-10(8-17)7-11-12(19-2)5-6-13(20-3)15(11)16(14)21-4/h5-6,10,17H,7-8H2,1-4H3. The summed E-state index contributed by atoms with van der Waals surface area (Å²) in [6.07, 6.45) is 0.508. The van der Waals surface area contributed by atoms with Gasteiger partial charge in [-0.2, -0.15) is 0 Å². The highest BCUT2D eigenvalue weighted by Crippen LogP contribution is 2.44. The van der Waals surface area contributed by atoms with Crippen LogP contribution in [0.3, 0.4) is 0 Å². The Morgan fingerprint density at radius 3 is 2.29 bits per heavy atom. The molecule has 0 amide bonds.